The molecule has 0 unspecified atom stereocenters. The maximum atomic E-state index is 10.3. The maximum Gasteiger partial charge on any atom is 0.322 e. The smallest absolute Gasteiger partial charge is 0.322 e. The van der Waals surface area contributed by atoms with Gasteiger partial charge >= 0.3 is 5.97 Å². The Balaban J connectivity index is 2.78. The molecule has 0 bridgehead atoms. The van der Waals surface area contributed by atoms with E-state index in [1.54, 1.807) is 25.3 Å². The quantitative estimate of drug-likeness (QED) is 0.766. The molecule has 0 aliphatic heterocycles. The van der Waals surface area contributed by atoms with E-state index in [0.717, 1.165) is 0 Å². The Bertz CT molecular complexity index is 351. The summed E-state index contributed by atoms with van der Waals surface area (Å²) in [5.74, 6) is 0.260. The van der Waals surface area contributed by atoms with E-state index in [0.29, 0.717) is 17.2 Å². The van der Waals surface area contributed by atoms with Crippen molar-refractivity contribution < 1.29 is 19.4 Å². The normalized spacial score (nSPS) is 9.47. The van der Waals surface area contributed by atoms with E-state index in [1.807, 2.05) is 0 Å². The molecule has 15 heavy (non-hydrogen) atoms. The van der Waals surface area contributed by atoms with Gasteiger partial charge in [-0.1, -0.05) is 0 Å². The van der Waals surface area contributed by atoms with Gasteiger partial charge in [0.2, 0.25) is 0 Å². The summed E-state index contributed by atoms with van der Waals surface area (Å²) in [6.07, 6.45) is 0. The molecule has 0 amide bonds. The minimum absolute atomic E-state index is 0.129. The predicted octanol–water partition coefficient (Wildman–Crippen LogP) is 1.20. The van der Waals surface area contributed by atoms with Gasteiger partial charge in [0, 0.05) is 11.8 Å². The Morgan fingerprint density at radius 3 is 2.53 bits per heavy atom. The Hall–Kier alpha value is -1.91. The van der Waals surface area contributed by atoms with Crippen LogP contribution in [0.3, 0.4) is 0 Å². The Morgan fingerprint density at radius 2 is 2.00 bits per heavy atom. The van der Waals surface area contributed by atoms with Crippen molar-refractivity contribution in [1.29, 1.82) is 0 Å². The molecule has 0 heterocycles. The number of carboxylic acids is 1. The van der Waals surface area contributed by atoms with Gasteiger partial charge in [0.05, 0.1) is 14.2 Å². The van der Waals surface area contributed by atoms with Crippen LogP contribution >= 0.6 is 0 Å². The van der Waals surface area contributed by atoms with Crippen molar-refractivity contribution in [3.63, 3.8) is 0 Å². The number of nitrogens with one attached hydrogen (secondary N) is 1. The molecule has 82 valence electrons. The number of carbonyl (C=O) groups is 1. The van der Waals surface area contributed by atoms with E-state index in [1.165, 1.54) is 7.11 Å². The third-order valence-corrected chi connectivity index (χ3v) is 1.83. The van der Waals surface area contributed by atoms with Crippen molar-refractivity contribution in [2.45, 2.75) is 0 Å². The highest BCUT2D eigenvalue weighted by atomic mass is 16.5. The number of benzene rings is 1. The first-order valence-electron chi connectivity index (χ1n) is 4.35. The molecule has 1 aromatic rings. The number of hydrogen-bond donors (Lipinski definition) is 2. The Labute approximate surface area is 87.6 Å². The summed E-state index contributed by atoms with van der Waals surface area (Å²) in [5.41, 5.74) is 0.676. The minimum atomic E-state index is -0.912. The van der Waals surface area contributed by atoms with E-state index < -0.39 is 5.97 Å². The molecule has 0 aliphatic carbocycles. The van der Waals surface area contributed by atoms with Crippen LogP contribution < -0.4 is 14.8 Å². The Morgan fingerprint density at radius 1 is 1.33 bits per heavy atom. The monoisotopic (exact) mass is 211 g/mol. The first-order chi connectivity index (χ1) is 7.17. The topological polar surface area (TPSA) is 67.8 Å². The summed E-state index contributed by atoms with van der Waals surface area (Å²) in [4.78, 5) is 10.3. The average Bonchev–Trinajstić information content (AvgIpc) is 2.25. The number of ether oxygens (including phenoxy) is 2. The summed E-state index contributed by atoms with van der Waals surface area (Å²) in [5, 5.41) is 11.2. The molecule has 0 spiro atoms. The molecule has 0 aliphatic rings. The molecular formula is C10H13NO4. The largest absolute Gasteiger partial charge is 0.493 e. The van der Waals surface area contributed by atoms with Crippen molar-refractivity contribution >= 4 is 11.7 Å². The second kappa shape index (κ2) is 5.09. The standard InChI is InChI=1S/C10H13NO4/c1-14-8-4-3-7(5-9(8)15-2)11-6-10(12)13/h3-5,11H,6H2,1-2H3,(H,12,13). The minimum Gasteiger partial charge on any atom is -0.493 e. The second-order valence-electron chi connectivity index (χ2n) is 2.82. The molecule has 0 radical (unpaired) electrons. The van der Waals surface area contributed by atoms with E-state index in [2.05, 4.69) is 5.32 Å². The molecule has 1 rings (SSSR count). The fourth-order valence-corrected chi connectivity index (χ4v) is 1.12. The summed E-state index contributed by atoms with van der Waals surface area (Å²) in [7, 11) is 3.07. The third-order valence-electron chi connectivity index (χ3n) is 1.83. The summed E-state index contributed by atoms with van der Waals surface area (Å²) < 4.78 is 10.1. The first kappa shape index (κ1) is 11.2. The molecule has 0 fully saturated rings. The molecule has 0 aromatic heterocycles. The number of rotatable bonds is 5. The van der Waals surface area contributed by atoms with E-state index >= 15 is 0 Å². The predicted molar refractivity (Wildman–Crippen MR) is 55.7 cm³/mol. The fourth-order valence-electron chi connectivity index (χ4n) is 1.12. The third kappa shape index (κ3) is 3.05. The Kier molecular flexibility index (Phi) is 3.79. The molecule has 0 saturated carbocycles. The van der Waals surface area contributed by atoms with Crippen LogP contribution in [0, 0.1) is 0 Å². The van der Waals surface area contributed by atoms with Crippen molar-refractivity contribution in [1.82, 2.24) is 0 Å². The highest BCUT2D eigenvalue weighted by Gasteiger charge is 2.04. The molecule has 0 atom stereocenters. The number of aliphatic carboxylic acids is 1. The van der Waals surface area contributed by atoms with Gasteiger partial charge in [-0.05, 0) is 12.1 Å². The zero-order valence-electron chi connectivity index (χ0n) is 8.61. The first-order valence-corrected chi connectivity index (χ1v) is 4.35. The molecule has 2 N–H and O–H groups in total. The van der Waals surface area contributed by atoms with E-state index in [9.17, 15) is 4.79 Å². The van der Waals surface area contributed by atoms with Crippen LogP contribution in [0.25, 0.3) is 0 Å². The van der Waals surface area contributed by atoms with Gasteiger partial charge in [-0.3, -0.25) is 4.79 Å². The number of methoxy groups -OCH3 is 2. The molecule has 1 aromatic carbocycles. The zero-order valence-corrected chi connectivity index (χ0v) is 8.61. The van der Waals surface area contributed by atoms with Gasteiger partial charge in [-0.15, -0.1) is 0 Å². The van der Waals surface area contributed by atoms with Gasteiger partial charge in [0.15, 0.2) is 11.5 Å². The van der Waals surface area contributed by atoms with Crippen molar-refractivity contribution in [3.8, 4) is 11.5 Å². The summed E-state index contributed by atoms with van der Waals surface area (Å²) in [6, 6.07) is 5.12. The summed E-state index contributed by atoms with van der Waals surface area (Å²) >= 11 is 0. The van der Waals surface area contributed by atoms with Crippen molar-refractivity contribution in [2.75, 3.05) is 26.1 Å². The lowest BCUT2D eigenvalue weighted by atomic mass is 10.2. The number of hydrogen-bond acceptors (Lipinski definition) is 4. The number of anilines is 1. The molecular weight excluding hydrogens is 198 g/mol. The van der Waals surface area contributed by atoms with E-state index in [-0.39, 0.29) is 6.54 Å². The van der Waals surface area contributed by atoms with Crippen LogP contribution in [0.5, 0.6) is 11.5 Å². The number of carboxylic acid groups (broad SMARTS) is 1. The fraction of sp³-hybridized carbons (Fsp3) is 0.300. The highest BCUT2D eigenvalue weighted by molar-refractivity contribution is 5.73. The average molecular weight is 211 g/mol. The zero-order chi connectivity index (χ0) is 11.3. The van der Waals surface area contributed by atoms with Crippen LogP contribution in [0.15, 0.2) is 18.2 Å². The second-order valence-corrected chi connectivity index (χ2v) is 2.82. The van der Waals surface area contributed by atoms with Crippen LogP contribution in [0.1, 0.15) is 0 Å². The van der Waals surface area contributed by atoms with Gasteiger partial charge < -0.3 is 19.9 Å². The lowest BCUT2D eigenvalue weighted by Crippen LogP contribution is -2.12. The summed E-state index contributed by atoms with van der Waals surface area (Å²) in [6.45, 7) is -0.129. The van der Waals surface area contributed by atoms with Gasteiger partial charge in [0.25, 0.3) is 0 Å². The molecule has 0 saturated heterocycles. The molecule has 5 nitrogen and oxygen atoms in total. The maximum absolute atomic E-state index is 10.3. The highest BCUT2D eigenvalue weighted by Crippen LogP contribution is 2.29. The van der Waals surface area contributed by atoms with Crippen molar-refractivity contribution in [3.05, 3.63) is 18.2 Å². The SMILES string of the molecule is COc1ccc(NCC(=O)O)cc1OC. The van der Waals surface area contributed by atoms with Crippen LogP contribution in [0.2, 0.25) is 0 Å². The molecule has 5 heteroatoms. The van der Waals surface area contributed by atoms with Crippen molar-refractivity contribution in [2.24, 2.45) is 0 Å². The lowest BCUT2D eigenvalue weighted by Gasteiger charge is -2.09. The van der Waals surface area contributed by atoms with Gasteiger partial charge in [-0.25, -0.2) is 0 Å². The van der Waals surface area contributed by atoms with E-state index in [4.69, 9.17) is 14.6 Å². The van der Waals surface area contributed by atoms with Gasteiger partial charge in [-0.2, -0.15) is 0 Å². The lowest BCUT2D eigenvalue weighted by molar-refractivity contribution is -0.134. The van der Waals surface area contributed by atoms with Crippen LogP contribution in [0.4, 0.5) is 5.69 Å². The van der Waals surface area contributed by atoms with Crippen LogP contribution in [-0.4, -0.2) is 31.8 Å². The van der Waals surface area contributed by atoms with Gasteiger partial charge in [0.1, 0.15) is 6.54 Å². The van der Waals surface area contributed by atoms with Crippen LogP contribution in [-0.2, 0) is 4.79 Å².